The van der Waals surface area contributed by atoms with Gasteiger partial charge in [0.1, 0.15) is 6.61 Å². The number of rotatable bonds is 6. The molecule has 0 fully saturated rings. The Hall–Kier alpha value is -0.530. The van der Waals surface area contributed by atoms with Crippen molar-refractivity contribution in [2.45, 2.75) is 18.6 Å². The second-order valence-corrected chi connectivity index (χ2v) is 4.70. The summed E-state index contributed by atoms with van der Waals surface area (Å²) in [6.07, 6.45) is -4.04. The number of hydrazine groups is 1. The lowest BCUT2D eigenvalue weighted by molar-refractivity contribution is -0.175. The summed E-state index contributed by atoms with van der Waals surface area (Å²) in [5, 5.41) is 0.742. The molecule has 0 saturated carbocycles. The summed E-state index contributed by atoms with van der Waals surface area (Å²) in [5.74, 6) is 5.27. The van der Waals surface area contributed by atoms with E-state index in [0.29, 0.717) is 22.0 Å². The van der Waals surface area contributed by atoms with Gasteiger partial charge in [-0.05, 0) is 18.1 Å². The van der Waals surface area contributed by atoms with Gasteiger partial charge < -0.3 is 4.74 Å². The second kappa shape index (κ2) is 7.31. The maximum Gasteiger partial charge on any atom is 0.411 e. The molecule has 8 heteroatoms. The summed E-state index contributed by atoms with van der Waals surface area (Å²) in [7, 11) is 0. The van der Waals surface area contributed by atoms with E-state index in [9.17, 15) is 13.2 Å². The number of nitrogens with one attached hydrogen (secondary N) is 1. The predicted octanol–water partition coefficient (Wildman–Crippen LogP) is 2.95. The van der Waals surface area contributed by atoms with E-state index in [1.165, 1.54) is 0 Å². The van der Waals surface area contributed by atoms with E-state index in [1.807, 2.05) is 0 Å². The number of benzene rings is 1. The Morgan fingerprint density at radius 1 is 1.32 bits per heavy atom. The van der Waals surface area contributed by atoms with Crippen LogP contribution < -0.4 is 11.3 Å². The zero-order chi connectivity index (χ0) is 14.5. The largest absolute Gasteiger partial charge is 0.411 e. The van der Waals surface area contributed by atoms with Gasteiger partial charge in [0.2, 0.25) is 0 Å². The molecule has 1 atom stereocenters. The van der Waals surface area contributed by atoms with Crippen LogP contribution in [0, 0.1) is 0 Å². The molecule has 1 rings (SSSR count). The number of ether oxygens (including phenoxy) is 1. The predicted molar refractivity (Wildman–Crippen MR) is 68.2 cm³/mol. The van der Waals surface area contributed by atoms with Crippen LogP contribution in [0.15, 0.2) is 18.2 Å². The highest BCUT2D eigenvalue weighted by molar-refractivity contribution is 6.42. The highest BCUT2D eigenvalue weighted by Crippen LogP contribution is 2.26. The van der Waals surface area contributed by atoms with Gasteiger partial charge >= 0.3 is 6.18 Å². The molecule has 0 bridgehead atoms. The molecule has 0 aliphatic rings. The molecule has 1 aromatic rings. The lowest BCUT2D eigenvalue weighted by Crippen LogP contribution is -2.41. The van der Waals surface area contributed by atoms with E-state index in [-0.39, 0.29) is 6.61 Å². The third kappa shape index (κ3) is 5.97. The van der Waals surface area contributed by atoms with Crippen LogP contribution in [-0.2, 0) is 11.2 Å². The fourth-order valence-corrected chi connectivity index (χ4v) is 1.85. The van der Waals surface area contributed by atoms with Crippen molar-refractivity contribution < 1.29 is 17.9 Å². The summed E-state index contributed by atoms with van der Waals surface area (Å²) >= 11 is 11.8. The number of hydrogen-bond donors (Lipinski definition) is 2. The number of nitrogens with two attached hydrogens (primary N) is 1. The van der Waals surface area contributed by atoms with Crippen molar-refractivity contribution in [1.29, 1.82) is 0 Å². The van der Waals surface area contributed by atoms with Crippen LogP contribution in [0.25, 0.3) is 0 Å². The average Bonchev–Trinajstić information content (AvgIpc) is 2.32. The lowest BCUT2D eigenvalue weighted by atomic mass is 10.1. The van der Waals surface area contributed by atoms with Crippen LogP contribution in [0.1, 0.15) is 5.56 Å². The van der Waals surface area contributed by atoms with E-state index < -0.39 is 18.8 Å². The van der Waals surface area contributed by atoms with Crippen LogP contribution >= 0.6 is 23.2 Å². The van der Waals surface area contributed by atoms with Gasteiger partial charge in [0.25, 0.3) is 0 Å². The Morgan fingerprint density at radius 3 is 2.58 bits per heavy atom. The van der Waals surface area contributed by atoms with E-state index >= 15 is 0 Å². The molecule has 0 aromatic heterocycles. The first-order valence-corrected chi connectivity index (χ1v) is 6.12. The van der Waals surface area contributed by atoms with Crippen molar-refractivity contribution >= 4 is 23.2 Å². The van der Waals surface area contributed by atoms with E-state index in [0.717, 1.165) is 0 Å². The zero-order valence-corrected chi connectivity index (χ0v) is 11.3. The lowest BCUT2D eigenvalue weighted by Gasteiger charge is -2.17. The molecule has 0 radical (unpaired) electrons. The van der Waals surface area contributed by atoms with Gasteiger partial charge in [-0.25, -0.2) is 0 Å². The molecular weight excluding hydrogens is 304 g/mol. The zero-order valence-electron chi connectivity index (χ0n) is 9.81. The van der Waals surface area contributed by atoms with Gasteiger partial charge in [0, 0.05) is 6.04 Å². The molecule has 0 spiro atoms. The van der Waals surface area contributed by atoms with Gasteiger partial charge in [-0.1, -0.05) is 35.3 Å². The van der Waals surface area contributed by atoms with Gasteiger partial charge in [-0.3, -0.25) is 11.3 Å². The van der Waals surface area contributed by atoms with Crippen molar-refractivity contribution in [3.63, 3.8) is 0 Å². The first kappa shape index (κ1) is 16.5. The van der Waals surface area contributed by atoms with Crippen molar-refractivity contribution in [3.8, 4) is 0 Å². The van der Waals surface area contributed by atoms with Gasteiger partial charge in [0.05, 0.1) is 16.7 Å². The quantitative estimate of drug-likeness (QED) is 0.626. The first-order valence-electron chi connectivity index (χ1n) is 5.37. The minimum absolute atomic E-state index is 0.182. The molecular formula is C11H13Cl2F3N2O. The summed E-state index contributed by atoms with van der Waals surface area (Å²) in [4.78, 5) is 0. The van der Waals surface area contributed by atoms with Gasteiger partial charge in [-0.2, -0.15) is 13.2 Å². The Bertz CT molecular complexity index is 415. The van der Waals surface area contributed by atoms with E-state index in [4.69, 9.17) is 29.0 Å². The van der Waals surface area contributed by atoms with E-state index in [2.05, 4.69) is 10.2 Å². The van der Waals surface area contributed by atoms with Gasteiger partial charge in [-0.15, -0.1) is 0 Å². The third-order valence-corrected chi connectivity index (χ3v) is 3.18. The average molecular weight is 317 g/mol. The topological polar surface area (TPSA) is 47.3 Å². The Kier molecular flexibility index (Phi) is 6.35. The smallest absolute Gasteiger partial charge is 0.370 e. The third-order valence-electron chi connectivity index (χ3n) is 2.32. The molecule has 0 aliphatic carbocycles. The summed E-state index contributed by atoms with van der Waals surface area (Å²) in [5.41, 5.74) is 3.08. The summed E-state index contributed by atoms with van der Waals surface area (Å²) in [6, 6.07) is 4.56. The van der Waals surface area contributed by atoms with Crippen LogP contribution in [0.4, 0.5) is 13.2 Å². The van der Waals surface area contributed by atoms with Crippen molar-refractivity contribution in [1.82, 2.24) is 5.43 Å². The molecule has 19 heavy (non-hydrogen) atoms. The Labute approximate surface area is 118 Å². The normalized spacial score (nSPS) is 13.6. The monoisotopic (exact) mass is 316 g/mol. The highest BCUT2D eigenvalue weighted by Gasteiger charge is 2.28. The maximum atomic E-state index is 11.9. The molecule has 0 amide bonds. The van der Waals surface area contributed by atoms with Crippen LogP contribution in [0.2, 0.25) is 10.0 Å². The molecule has 1 aromatic carbocycles. The second-order valence-electron chi connectivity index (χ2n) is 3.91. The minimum Gasteiger partial charge on any atom is -0.370 e. The highest BCUT2D eigenvalue weighted by atomic mass is 35.5. The first-order chi connectivity index (χ1) is 8.83. The molecule has 1 unspecified atom stereocenters. The fraction of sp³-hybridized carbons (Fsp3) is 0.455. The van der Waals surface area contributed by atoms with E-state index in [1.54, 1.807) is 18.2 Å². The molecule has 0 aliphatic heterocycles. The van der Waals surface area contributed by atoms with Crippen molar-refractivity contribution in [2.75, 3.05) is 13.2 Å². The SMILES string of the molecule is NNC(COCC(F)(F)F)Cc1cccc(Cl)c1Cl. The van der Waals surface area contributed by atoms with Crippen LogP contribution in [-0.4, -0.2) is 25.4 Å². The fourth-order valence-electron chi connectivity index (χ4n) is 1.45. The summed E-state index contributed by atoms with van der Waals surface area (Å²) in [6.45, 7) is -1.49. The molecule has 108 valence electrons. The minimum atomic E-state index is -4.35. The maximum absolute atomic E-state index is 11.9. The Balaban J connectivity index is 2.55. The van der Waals surface area contributed by atoms with Crippen molar-refractivity contribution in [2.24, 2.45) is 5.84 Å². The standard InChI is InChI=1S/C11H13Cl2F3N2O/c12-9-3-1-2-7(10(9)13)4-8(18-17)5-19-6-11(14,15)16/h1-3,8,18H,4-6,17H2. The number of halogens is 5. The van der Waals surface area contributed by atoms with Gasteiger partial charge in [0.15, 0.2) is 0 Å². The number of hydrogen-bond acceptors (Lipinski definition) is 3. The molecule has 0 heterocycles. The molecule has 3 N–H and O–H groups in total. The van der Waals surface area contributed by atoms with Crippen LogP contribution in [0.5, 0.6) is 0 Å². The van der Waals surface area contributed by atoms with Crippen molar-refractivity contribution in [3.05, 3.63) is 33.8 Å². The van der Waals surface area contributed by atoms with Crippen LogP contribution in [0.3, 0.4) is 0 Å². The molecule has 3 nitrogen and oxygen atoms in total. The number of alkyl halides is 3. The Morgan fingerprint density at radius 2 is 2.00 bits per heavy atom. The summed E-state index contributed by atoms with van der Waals surface area (Å²) < 4.78 is 40.4. The molecule has 0 saturated heterocycles.